The smallest absolute Gasteiger partial charge is 0.399 e. The fourth-order valence-electron chi connectivity index (χ4n) is 1.93. The number of hydrogen-bond acceptors (Lipinski definition) is 4. The molecule has 2 heterocycles. The second-order valence-electron chi connectivity index (χ2n) is 6.62. The molecule has 0 spiro atoms. The van der Waals surface area contributed by atoms with Crippen molar-refractivity contribution in [1.29, 1.82) is 0 Å². The molecule has 1 aliphatic carbocycles. The first-order chi connectivity index (χ1) is 11.2. The summed E-state index contributed by atoms with van der Waals surface area (Å²) in [5.41, 5.74) is 0.400. The van der Waals surface area contributed by atoms with Crippen molar-refractivity contribution in [3.05, 3.63) is 12.4 Å². The van der Waals surface area contributed by atoms with Crippen molar-refractivity contribution in [2.75, 3.05) is 0 Å². The Morgan fingerprint density at radius 2 is 1.50 bits per heavy atom. The maximum Gasteiger partial charge on any atom is 0.498 e. The Morgan fingerprint density at radius 1 is 1.08 bits per heavy atom. The number of rotatable bonds is 1. The third-order valence-corrected chi connectivity index (χ3v) is 4.32. The highest BCUT2D eigenvalue weighted by Gasteiger charge is 2.52. The van der Waals surface area contributed by atoms with Gasteiger partial charge in [0.2, 0.25) is 0 Å². The van der Waals surface area contributed by atoms with Crippen LogP contribution in [0.25, 0.3) is 0 Å². The predicted molar refractivity (Wildman–Crippen MR) is 101 cm³/mol. The van der Waals surface area contributed by atoms with Gasteiger partial charge in [0.05, 0.1) is 17.3 Å². The largest absolute Gasteiger partial charge is 0.498 e. The molecule has 24 heavy (non-hydrogen) atoms. The standard InChI is InChI=1S/C10H17BN2O2.C4H8O.2C2H6/c1-9(2)10(3,4)15-11(14-9)8-6-12-13(5)7-8;5-4-2-1-3-4;2*1-2/h6-7H,1-5H3;4-5H,1-3H2;2*1-2H3. The monoisotopic (exact) mass is 340 g/mol. The van der Waals surface area contributed by atoms with Gasteiger partial charge in [0, 0.05) is 24.9 Å². The van der Waals surface area contributed by atoms with Gasteiger partial charge in [-0.15, -0.1) is 0 Å². The Balaban J connectivity index is 0.000000490. The van der Waals surface area contributed by atoms with E-state index in [1.54, 1.807) is 10.9 Å². The molecule has 0 unspecified atom stereocenters. The summed E-state index contributed by atoms with van der Waals surface area (Å²) in [6.45, 7) is 16.2. The van der Waals surface area contributed by atoms with E-state index in [0.29, 0.717) is 0 Å². The normalized spacial score (nSPS) is 20.5. The number of hydrogen-bond donors (Lipinski definition) is 1. The van der Waals surface area contributed by atoms with Crippen molar-refractivity contribution in [2.45, 2.75) is 92.0 Å². The summed E-state index contributed by atoms with van der Waals surface area (Å²) in [4.78, 5) is 0. The third kappa shape index (κ3) is 6.23. The van der Waals surface area contributed by atoms with Gasteiger partial charge in [0.25, 0.3) is 0 Å². The molecule has 140 valence electrons. The first-order valence-corrected chi connectivity index (χ1v) is 9.23. The van der Waals surface area contributed by atoms with Crippen molar-refractivity contribution in [1.82, 2.24) is 9.78 Å². The van der Waals surface area contributed by atoms with E-state index in [9.17, 15) is 0 Å². The highest BCUT2D eigenvalue weighted by atomic mass is 16.7. The molecule has 0 bridgehead atoms. The quantitative estimate of drug-likeness (QED) is 0.797. The molecule has 5 nitrogen and oxygen atoms in total. The van der Waals surface area contributed by atoms with Crippen molar-refractivity contribution in [3.63, 3.8) is 0 Å². The van der Waals surface area contributed by atoms with Crippen LogP contribution in [0.3, 0.4) is 0 Å². The van der Waals surface area contributed by atoms with Crippen LogP contribution in [0.4, 0.5) is 0 Å². The average Bonchev–Trinajstić information content (AvgIpc) is 3.03. The summed E-state index contributed by atoms with van der Waals surface area (Å²) in [6.07, 6.45) is 7.08. The summed E-state index contributed by atoms with van der Waals surface area (Å²) in [5.74, 6) is 0. The van der Waals surface area contributed by atoms with Crippen molar-refractivity contribution in [3.8, 4) is 0 Å². The molecule has 6 heteroatoms. The van der Waals surface area contributed by atoms with E-state index in [-0.39, 0.29) is 24.4 Å². The zero-order valence-electron chi connectivity index (χ0n) is 17.1. The molecule has 3 rings (SSSR count). The third-order valence-electron chi connectivity index (χ3n) is 4.32. The SMILES string of the molecule is CC.CC.Cn1cc(B2OC(C)(C)C(C)(C)O2)cn1.OC1CCC1. The minimum absolute atomic E-state index is 0.0648. The molecule has 1 aliphatic heterocycles. The molecule has 2 aliphatic rings. The Hall–Kier alpha value is -0.845. The summed E-state index contributed by atoms with van der Waals surface area (Å²) in [7, 11) is 1.58. The Labute approximate surface area is 148 Å². The lowest BCUT2D eigenvalue weighted by Crippen LogP contribution is -2.41. The van der Waals surface area contributed by atoms with Gasteiger partial charge >= 0.3 is 7.12 Å². The molecule has 0 radical (unpaired) electrons. The highest BCUT2D eigenvalue weighted by molar-refractivity contribution is 6.61. The molecule has 0 atom stereocenters. The zero-order chi connectivity index (χ0) is 19.0. The van der Waals surface area contributed by atoms with Crippen LogP contribution in [0.5, 0.6) is 0 Å². The predicted octanol–water partition coefficient (Wildman–Crippen LogP) is 3.30. The first kappa shape index (κ1) is 23.2. The van der Waals surface area contributed by atoms with Crippen LogP contribution in [0.2, 0.25) is 0 Å². The second kappa shape index (κ2) is 10.2. The lowest BCUT2D eigenvalue weighted by Gasteiger charge is -2.32. The Bertz CT molecular complexity index is 441. The molecule has 0 amide bonds. The second-order valence-corrected chi connectivity index (χ2v) is 6.62. The molecule has 0 aromatic carbocycles. The van der Waals surface area contributed by atoms with E-state index in [1.807, 2.05) is 68.6 Å². The number of aryl methyl sites for hydroxylation is 1. The van der Waals surface area contributed by atoms with Crippen LogP contribution >= 0.6 is 0 Å². The fraction of sp³-hybridized carbons (Fsp3) is 0.833. The van der Waals surface area contributed by atoms with Gasteiger partial charge in [-0.3, -0.25) is 4.68 Å². The van der Waals surface area contributed by atoms with Crippen LogP contribution in [0, 0.1) is 0 Å². The molecular weight excluding hydrogens is 303 g/mol. The van der Waals surface area contributed by atoms with Crippen molar-refractivity contribution in [2.24, 2.45) is 7.05 Å². The minimum atomic E-state index is -0.302. The van der Waals surface area contributed by atoms with Crippen LogP contribution in [-0.4, -0.2) is 39.3 Å². The van der Waals surface area contributed by atoms with E-state index in [0.717, 1.165) is 18.3 Å². The molecule has 1 saturated heterocycles. The lowest BCUT2D eigenvalue weighted by molar-refractivity contribution is 0.00578. The number of nitrogens with zero attached hydrogens (tertiary/aromatic N) is 2. The van der Waals surface area contributed by atoms with Gasteiger partial charge in [-0.05, 0) is 47.0 Å². The van der Waals surface area contributed by atoms with Crippen LogP contribution < -0.4 is 5.46 Å². The van der Waals surface area contributed by atoms with E-state index >= 15 is 0 Å². The zero-order valence-corrected chi connectivity index (χ0v) is 17.1. The van der Waals surface area contributed by atoms with Gasteiger partial charge in [0.1, 0.15) is 0 Å². The van der Waals surface area contributed by atoms with Crippen LogP contribution in [-0.2, 0) is 16.4 Å². The minimum Gasteiger partial charge on any atom is -0.399 e. The number of aliphatic hydroxyl groups excluding tert-OH is 1. The van der Waals surface area contributed by atoms with Crippen LogP contribution in [0.15, 0.2) is 12.4 Å². The Kier molecular flexibility index (Phi) is 9.86. The molecule has 1 aromatic heterocycles. The molecule has 1 aromatic rings. The van der Waals surface area contributed by atoms with Gasteiger partial charge in [-0.1, -0.05) is 27.7 Å². The Morgan fingerprint density at radius 3 is 1.75 bits per heavy atom. The lowest BCUT2D eigenvalue weighted by atomic mass is 9.82. The highest BCUT2D eigenvalue weighted by Crippen LogP contribution is 2.36. The fourth-order valence-corrected chi connectivity index (χ4v) is 1.93. The number of aliphatic hydroxyl groups is 1. The first-order valence-electron chi connectivity index (χ1n) is 9.23. The van der Waals surface area contributed by atoms with Crippen molar-refractivity contribution >= 4 is 12.6 Å². The van der Waals surface area contributed by atoms with Gasteiger partial charge in [-0.25, -0.2) is 0 Å². The molecule has 2 fully saturated rings. The number of aromatic nitrogens is 2. The summed E-state index contributed by atoms with van der Waals surface area (Å²) >= 11 is 0. The molecule has 1 N–H and O–H groups in total. The molecular formula is C18H37BN2O3. The van der Waals surface area contributed by atoms with Crippen LogP contribution in [0.1, 0.15) is 74.7 Å². The van der Waals surface area contributed by atoms with E-state index in [2.05, 4.69) is 5.10 Å². The van der Waals surface area contributed by atoms with Gasteiger partial charge in [0.15, 0.2) is 0 Å². The van der Waals surface area contributed by atoms with Gasteiger partial charge < -0.3 is 14.4 Å². The van der Waals surface area contributed by atoms with E-state index in [4.69, 9.17) is 14.4 Å². The maximum absolute atomic E-state index is 8.45. The summed E-state index contributed by atoms with van der Waals surface area (Å²) in [5, 5.41) is 12.6. The maximum atomic E-state index is 8.45. The van der Waals surface area contributed by atoms with Crippen molar-refractivity contribution < 1.29 is 14.4 Å². The molecule has 1 saturated carbocycles. The van der Waals surface area contributed by atoms with Gasteiger partial charge in [-0.2, -0.15) is 5.10 Å². The van der Waals surface area contributed by atoms with E-state index < -0.39 is 0 Å². The summed E-state index contributed by atoms with van der Waals surface area (Å²) < 4.78 is 13.5. The van der Waals surface area contributed by atoms with E-state index in [1.165, 1.54) is 6.42 Å². The average molecular weight is 340 g/mol. The summed E-state index contributed by atoms with van der Waals surface area (Å²) in [6, 6.07) is 0. The topological polar surface area (TPSA) is 56.5 Å².